The minimum atomic E-state index is 0.379. The summed E-state index contributed by atoms with van der Waals surface area (Å²) in [5.74, 6) is 1.60. The monoisotopic (exact) mass is 280 g/mol. The fourth-order valence-electron chi connectivity index (χ4n) is 2.28. The molecule has 1 N–H and O–H groups in total. The molecular weight excluding hydrogens is 260 g/mol. The van der Waals surface area contributed by atoms with Crippen LogP contribution in [0, 0.1) is 11.3 Å². The van der Waals surface area contributed by atoms with E-state index in [1.54, 1.807) is 0 Å². The van der Waals surface area contributed by atoms with Gasteiger partial charge in [-0.2, -0.15) is 5.26 Å². The number of ether oxygens (including phenoxy) is 1. The number of benzene rings is 2. The Balaban J connectivity index is 2.04. The second kappa shape index (κ2) is 7.47. The summed E-state index contributed by atoms with van der Waals surface area (Å²) in [6.07, 6.45) is 1.48. The first-order chi connectivity index (χ1) is 10.3. The van der Waals surface area contributed by atoms with Gasteiger partial charge in [-0.15, -0.1) is 0 Å². The van der Waals surface area contributed by atoms with Crippen molar-refractivity contribution in [3.05, 3.63) is 59.7 Å². The number of nitriles is 1. The first-order valence-corrected chi connectivity index (χ1v) is 7.17. The zero-order chi connectivity index (χ0) is 15.1. The molecule has 3 heteroatoms. The SMILES string of the molecule is CCC(NC)c1ccc(Oc2ccc(CC#N)cc2)cc1. The van der Waals surface area contributed by atoms with Gasteiger partial charge in [0.2, 0.25) is 0 Å². The van der Waals surface area contributed by atoms with E-state index in [0.29, 0.717) is 12.5 Å². The van der Waals surface area contributed by atoms with Crippen molar-refractivity contribution in [1.82, 2.24) is 5.32 Å². The van der Waals surface area contributed by atoms with Crippen LogP contribution in [-0.2, 0) is 6.42 Å². The summed E-state index contributed by atoms with van der Waals surface area (Å²) in [4.78, 5) is 0. The molecule has 0 spiro atoms. The van der Waals surface area contributed by atoms with Crippen molar-refractivity contribution in [2.45, 2.75) is 25.8 Å². The predicted octanol–water partition coefficient (Wildman–Crippen LogP) is 4.22. The summed E-state index contributed by atoms with van der Waals surface area (Å²) in [5.41, 5.74) is 2.26. The van der Waals surface area contributed by atoms with Crippen molar-refractivity contribution in [2.75, 3.05) is 7.05 Å². The van der Waals surface area contributed by atoms with Crippen LogP contribution in [0.5, 0.6) is 11.5 Å². The second-order valence-corrected chi connectivity index (χ2v) is 4.90. The Kier molecular flexibility index (Phi) is 5.36. The fraction of sp³-hybridized carbons (Fsp3) is 0.278. The van der Waals surface area contributed by atoms with Gasteiger partial charge in [0.25, 0.3) is 0 Å². The van der Waals surface area contributed by atoms with Gasteiger partial charge in [-0.05, 0) is 48.9 Å². The van der Waals surface area contributed by atoms with Crippen LogP contribution in [0.1, 0.15) is 30.5 Å². The van der Waals surface area contributed by atoms with Crippen LogP contribution in [0.25, 0.3) is 0 Å². The maximum atomic E-state index is 8.65. The molecule has 0 aliphatic heterocycles. The Hall–Kier alpha value is -2.31. The van der Waals surface area contributed by atoms with Gasteiger partial charge in [-0.3, -0.25) is 0 Å². The highest BCUT2D eigenvalue weighted by Gasteiger charge is 2.06. The van der Waals surface area contributed by atoms with Gasteiger partial charge >= 0.3 is 0 Å². The highest BCUT2D eigenvalue weighted by molar-refractivity contribution is 5.35. The highest BCUT2D eigenvalue weighted by Crippen LogP contribution is 2.24. The molecular formula is C18H20N2O. The molecule has 0 saturated heterocycles. The Morgan fingerprint density at radius 2 is 1.62 bits per heavy atom. The average molecular weight is 280 g/mol. The lowest BCUT2D eigenvalue weighted by molar-refractivity contribution is 0.481. The Bertz CT molecular complexity index is 593. The summed E-state index contributed by atoms with van der Waals surface area (Å²) >= 11 is 0. The summed E-state index contributed by atoms with van der Waals surface area (Å²) in [5, 5.41) is 11.9. The van der Waals surface area contributed by atoms with Crippen LogP contribution in [0.2, 0.25) is 0 Å². The van der Waals surface area contributed by atoms with Crippen LogP contribution in [0.15, 0.2) is 48.5 Å². The van der Waals surface area contributed by atoms with Gasteiger partial charge in [0.1, 0.15) is 11.5 Å². The molecule has 2 aromatic carbocycles. The molecule has 2 aromatic rings. The van der Waals surface area contributed by atoms with Crippen molar-refractivity contribution in [3.63, 3.8) is 0 Å². The van der Waals surface area contributed by atoms with Gasteiger partial charge in [0.05, 0.1) is 12.5 Å². The van der Waals surface area contributed by atoms with E-state index < -0.39 is 0 Å². The third-order valence-electron chi connectivity index (χ3n) is 3.48. The third kappa shape index (κ3) is 4.08. The molecule has 3 nitrogen and oxygen atoms in total. The predicted molar refractivity (Wildman–Crippen MR) is 84.4 cm³/mol. The van der Waals surface area contributed by atoms with Crippen LogP contribution in [-0.4, -0.2) is 7.05 Å². The number of nitrogens with one attached hydrogen (secondary N) is 1. The van der Waals surface area contributed by atoms with Gasteiger partial charge in [-0.25, -0.2) is 0 Å². The van der Waals surface area contributed by atoms with Crippen LogP contribution in [0.3, 0.4) is 0 Å². The van der Waals surface area contributed by atoms with E-state index in [2.05, 4.69) is 30.4 Å². The van der Waals surface area contributed by atoms with Gasteiger partial charge in [0, 0.05) is 6.04 Å². The molecule has 0 radical (unpaired) electrons. The van der Waals surface area contributed by atoms with Crippen molar-refractivity contribution in [1.29, 1.82) is 5.26 Å². The molecule has 2 rings (SSSR count). The second-order valence-electron chi connectivity index (χ2n) is 4.90. The summed E-state index contributed by atoms with van der Waals surface area (Å²) in [6.45, 7) is 2.16. The zero-order valence-corrected chi connectivity index (χ0v) is 12.5. The molecule has 0 fully saturated rings. The smallest absolute Gasteiger partial charge is 0.127 e. The highest BCUT2D eigenvalue weighted by atomic mass is 16.5. The summed E-state index contributed by atoms with van der Waals surface area (Å²) in [7, 11) is 1.97. The maximum absolute atomic E-state index is 8.65. The molecule has 0 aliphatic carbocycles. The van der Waals surface area contributed by atoms with E-state index in [4.69, 9.17) is 10.00 Å². The normalized spacial score (nSPS) is 11.7. The van der Waals surface area contributed by atoms with E-state index in [-0.39, 0.29) is 0 Å². The standard InChI is InChI=1S/C18H20N2O/c1-3-18(20-2)15-6-10-17(11-7-15)21-16-8-4-14(5-9-16)12-13-19/h4-11,18,20H,3,12H2,1-2H3. The molecule has 0 heterocycles. The largest absolute Gasteiger partial charge is 0.457 e. The summed E-state index contributed by atoms with van der Waals surface area (Å²) < 4.78 is 5.81. The molecule has 0 saturated carbocycles. The molecule has 0 amide bonds. The zero-order valence-electron chi connectivity index (χ0n) is 12.5. The molecule has 0 bridgehead atoms. The average Bonchev–Trinajstić information content (AvgIpc) is 2.52. The van der Waals surface area contributed by atoms with E-state index in [1.807, 2.05) is 43.4 Å². The number of nitrogens with zero attached hydrogens (tertiary/aromatic N) is 1. The van der Waals surface area contributed by atoms with Crippen LogP contribution in [0.4, 0.5) is 0 Å². The van der Waals surface area contributed by atoms with Crippen molar-refractivity contribution in [3.8, 4) is 17.6 Å². The maximum Gasteiger partial charge on any atom is 0.127 e. The van der Waals surface area contributed by atoms with E-state index >= 15 is 0 Å². The van der Waals surface area contributed by atoms with Crippen molar-refractivity contribution in [2.24, 2.45) is 0 Å². The topological polar surface area (TPSA) is 45.0 Å². The first kappa shape index (κ1) is 15.1. The van der Waals surface area contributed by atoms with E-state index in [9.17, 15) is 0 Å². The van der Waals surface area contributed by atoms with Gasteiger partial charge < -0.3 is 10.1 Å². The Morgan fingerprint density at radius 1 is 1.05 bits per heavy atom. The fourth-order valence-corrected chi connectivity index (χ4v) is 2.28. The Morgan fingerprint density at radius 3 is 2.10 bits per heavy atom. The lowest BCUT2D eigenvalue weighted by atomic mass is 10.0. The lowest BCUT2D eigenvalue weighted by Crippen LogP contribution is -2.14. The van der Waals surface area contributed by atoms with Gasteiger partial charge in [0.15, 0.2) is 0 Å². The molecule has 1 unspecified atom stereocenters. The molecule has 0 aromatic heterocycles. The first-order valence-electron chi connectivity index (χ1n) is 7.17. The molecule has 108 valence electrons. The third-order valence-corrected chi connectivity index (χ3v) is 3.48. The molecule has 0 aliphatic rings. The number of rotatable bonds is 6. The minimum Gasteiger partial charge on any atom is -0.457 e. The van der Waals surface area contributed by atoms with Crippen LogP contribution < -0.4 is 10.1 Å². The van der Waals surface area contributed by atoms with E-state index in [1.165, 1.54) is 5.56 Å². The quantitative estimate of drug-likeness (QED) is 0.861. The van der Waals surface area contributed by atoms with Crippen molar-refractivity contribution < 1.29 is 4.74 Å². The number of hydrogen-bond donors (Lipinski definition) is 1. The Labute approximate surface area is 126 Å². The van der Waals surface area contributed by atoms with Crippen LogP contribution >= 0.6 is 0 Å². The van der Waals surface area contributed by atoms with E-state index in [0.717, 1.165) is 23.5 Å². The summed E-state index contributed by atoms with van der Waals surface area (Å²) in [6, 6.07) is 18.3. The van der Waals surface area contributed by atoms with Crippen molar-refractivity contribution >= 4 is 0 Å². The number of hydrogen-bond acceptors (Lipinski definition) is 3. The molecule has 1 atom stereocenters. The van der Waals surface area contributed by atoms with Gasteiger partial charge in [-0.1, -0.05) is 31.2 Å². The molecule has 21 heavy (non-hydrogen) atoms. The minimum absolute atomic E-state index is 0.379. The lowest BCUT2D eigenvalue weighted by Gasteiger charge is -2.14.